The molecule has 0 bridgehead atoms. The van der Waals surface area contributed by atoms with Gasteiger partial charge in [0.15, 0.2) is 0 Å². The summed E-state index contributed by atoms with van der Waals surface area (Å²) in [6, 6.07) is 28.2. The van der Waals surface area contributed by atoms with Crippen LogP contribution in [0.3, 0.4) is 0 Å². The maximum atomic E-state index is 9.04. The number of rotatable bonds is 2. The van der Waals surface area contributed by atoms with Crippen LogP contribution in [0.5, 0.6) is 5.75 Å². The molecule has 1 aliphatic carbocycles. The Bertz CT molecular complexity index is 1140. The van der Waals surface area contributed by atoms with Crippen molar-refractivity contribution in [3.63, 3.8) is 0 Å². The van der Waals surface area contributed by atoms with Gasteiger partial charge in [0.1, 0.15) is 5.75 Å². The maximum absolute atomic E-state index is 9.04. The van der Waals surface area contributed by atoms with Gasteiger partial charge in [0.05, 0.1) is 0 Å². The Labute approximate surface area is 179 Å². The number of para-hydroxylation sites is 1. The van der Waals surface area contributed by atoms with E-state index in [-0.39, 0.29) is 5.75 Å². The van der Waals surface area contributed by atoms with Crippen LogP contribution in [0.15, 0.2) is 98.1 Å². The summed E-state index contributed by atoms with van der Waals surface area (Å²) in [7, 11) is 0. The van der Waals surface area contributed by atoms with E-state index in [4.69, 9.17) is 5.11 Å². The van der Waals surface area contributed by atoms with Gasteiger partial charge in [0.25, 0.3) is 0 Å². The Morgan fingerprint density at radius 2 is 1.27 bits per heavy atom. The fourth-order valence-corrected chi connectivity index (χ4v) is 3.22. The summed E-state index contributed by atoms with van der Waals surface area (Å²) in [5, 5.41) is 11.8. The predicted molar refractivity (Wildman–Crippen MR) is 132 cm³/mol. The van der Waals surface area contributed by atoms with Crippen molar-refractivity contribution in [2.75, 3.05) is 0 Å². The average Bonchev–Trinajstić information content (AvgIpc) is 3.21. The molecule has 0 fully saturated rings. The van der Waals surface area contributed by atoms with Gasteiger partial charge in [0.2, 0.25) is 0 Å². The van der Waals surface area contributed by atoms with Gasteiger partial charge >= 0.3 is 0 Å². The first-order chi connectivity index (χ1) is 14.6. The van der Waals surface area contributed by atoms with E-state index >= 15 is 0 Å². The highest BCUT2D eigenvalue weighted by Crippen LogP contribution is 2.30. The number of hydrogen-bond donors (Lipinski definition) is 1. The van der Waals surface area contributed by atoms with Crippen molar-refractivity contribution >= 4 is 35.1 Å². The highest BCUT2D eigenvalue weighted by Gasteiger charge is 2.06. The zero-order valence-electron chi connectivity index (χ0n) is 17.3. The Morgan fingerprint density at radius 1 is 0.667 bits per heavy atom. The summed E-state index contributed by atoms with van der Waals surface area (Å²) < 4.78 is 0. The molecule has 0 aliphatic heterocycles. The first-order valence-corrected chi connectivity index (χ1v) is 9.91. The van der Waals surface area contributed by atoms with E-state index in [1.165, 1.54) is 33.0 Å². The van der Waals surface area contributed by atoms with Gasteiger partial charge in [-0.25, -0.2) is 0 Å². The topological polar surface area (TPSA) is 20.2 Å². The number of hydrogen-bond acceptors (Lipinski definition) is 1. The van der Waals surface area contributed by atoms with Crippen LogP contribution in [0.2, 0.25) is 0 Å². The van der Waals surface area contributed by atoms with Crippen LogP contribution in [0.25, 0.3) is 35.1 Å². The second-order valence-corrected chi connectivity index (χ2v) is 7.00. The molecule has 148 valence electrons. The summed E-state index contributed by atoms with van der Waals surface area (Å²) in [4.78, 5) is 0. The fraction of sp³-hybridized carbons (Fsp3) is 0.0345. The first-order valence-electron chi connectivity index (χ1n) is 9.91. The van der Waals surface area contributed by atoms with Gasteiger partial charge in [0, 0.05) is 5.56 Å². The van der Waals surface area contributed by atoms with Gasteiger partial charge in [-0.05, 0) is 40.5 Å². The molecule has 0 saturated carbocycles. The van der Waals surface area contributed by atoms with Crippen LogP contribution in [0, 0.1) is 6.92 Å². The third kappa shape index (κ3) is 5.15. The molecule has 0 heterocycles. The smallest absolute Gasteiger partial charge is 0.122 e. The van der Waals surface area contributed by atoms with Crippen molar-refractivity contribution < 1.29 is 5.11 Å². The second kappa shape index (κ2) is 10.1. The zero-order valence-corrected chi connectivity index (χ0v) is 17.3. The second-order valence-electron chi connectivity index (χ2n) is 7.00. The van der Waals surface area contributed by atoms with Crippen molar-refractivity contribution in [1.82, 2.24) is 0 Å². The molecule has 0 unspecified atom stereocenters. The minimum Gasteiger partial charge on any atom is -0.507 e. The Morgan fingerprint density at radius 3 is 1.77 bits per heavy atom. The molecule has 30 heavy (non-hydrogen) atoms. The molecule has 1 aliphatic rings. The van der Waals surface area contributed by atoms with Crippen LogP contribution in [0.1, 0.15) is 27.8 Å². The standard InChI is InChI=1S/C12H8.C9H10.C8H8O/c1-3-9-4-2-6-11-8-7-10(5-1)12(9)11;1-3-9-6-4-8(2)5-7-9;1-2-7-5-3-4-6-8(7)9/h1-8H;3-7H,1H2,2H3;2-6,9H,1H2. The van der Waals surface area contributed by atoms with Crippen LogP contribution in [0.4, 0.5) is 0 Å². The molecule has 1 nitrogen and oxygen atoms in total. The van der Waals surface area contributed by atoms with Crippen molar-refractivity contribution in [2.24, 2.45) is 0 Å². The van der Waals surface area contributed by atoms with Crippen LogP contribution >= 0.6 is 0 Å². The van der Waals surface area contributed by atoms with E-state index in [0.29, 0.717) is 0 Å². The monoisotopic (exact) mass is 390 g/mol. The summed E-state index contributed by atoms with van der Waals surface area (Å²) in [6.45, 7) is 9.27. The van der Waals surface area contributed by atoms with Gasteiger partial charge in [-0.1, -0.05) is 122 Å². The third-order valence-corrected chi connectivity index (χ3v) is 4.88. The maximum Gasteiger partial charge on any atom is 0.122 e. The van der Waals surface area contributed by atoms with E-state index in [2.05, 4.69) is 92.9 Å². The van der Waals surface area contributed by atoms with Crippen molar-refractivity contribution in [2.45, 2.75) is 6.92 Å². The molecule has 0 saturated heterocycles. The van der Waals surface area contributed by atoms with Crippen LogP contribution in [-0.2, 0) is 0 Å². The number of aryl methyl sites for hydroxylation is 1. The van der Waals surface area contributed by atoms with E-state index in [1.807, 2.05) is 18.2 Å². The summed E-state index contributed by atoms with van der Waals surface area (Å²) in [5.41, 5.74) is 5.95. The van der Waals surface area contributed by atoms with E-state index in [9.17, 15) is 0 Å². The quantitative estimate of drug-likeness (QED) is 0.324. The highest BCUT2D eigenvalue weighted by atomic mass is 16.3. The predicted octanol–water partition coefficient (Wildman–Crippen LogP) is 8.00. The summed E-state index contributed by atoms with van der Waals surface area (Å²) in [5.74, 6) is 0.285. The Kier molecular flexibility index (Phi) is 7.02. The molecule has 4 aromatic rings. The summed E-state index contributed by atoms with van der Waals surface area (Å²) in [6.07, 6.45) is 7.82. The van der Waals surface area contributed by atoms with E-state index < -0.39 is 0 Å². The van der Waals surface area contributed by atoms with Gasteiger partial charge in [-0.2, -0.15) is 0 Å². The van der Waals surface area contributed by atoms with Crippen molar-refractivity contribution in [1.29, 1.82) is 0 Å². The lowest BCUT2D eigenvalue weighted by atomic mass is 10.0. The normalized spacial score (nSPS) is 10.4. The highest BCUT2D eigenvalue weighted by molar-refractivity contribution is 6.04. The Hall–Kier alpha value is -3.84. The molecule has 0 spiro atoms. The SMILES string of the molecule is C1=Cc2cccc3cccc1c23.C=Cc1ccc(C)cc1.C=Cc1ccccc1O. The molecule has 4 aromatic carbocycles. The van der Waals surface area contributed by atoms with Gasteiger partial charge in [-0.15, -0.1) is 0 Å². The molecule has 1 N–H and O–H groups in total. The third-order valence-electron chi connectivity index (χ3n) is 4.88. The molecule has 0 atom stereocenters. The molecule has 0 amide bonds. The Balaban J connectivity index is 0.000000131. The fourth-order valence-electron chi connectivity index (χ4n) is 3.22. The molecular weight excluding hydrogens is 364 g/mol. The lowest BCUT2D eigenvalue weighted by Crippen LogP contribution is -1.76. The first kappa shape index (κ1) is 20.9. The molecule has 1 heteroatoms. The summed E-state index contributed by atoms with van der Waals surface area (Å²) >= 11 is 0. The number of aromatic hydroxyl groups is 1. The van der Waals surface area contributed by atoms with Crippen molar-refractivity contribution in [3.8, 4) is 5.75 Å². The van der Waals surface area contributed by atoms with Crippen LogP contribution < -0.4 is 0 Å². The van der Waals surface area contributed by atoms with Gasteiger partial charge < -0.3 is 5.11 Å². The minimum atomic E-state index is 0.285. The lowest BCUT2D eigenvalue weighted by Gasteiger charge is -1.99. The van der Waals surface area contributed by atoms with E-state index in [0.717, 1.165) is 5.56 Å². The minimum absolute atomic E-state index is 0.285. The average molecular weight is 391 g/mol. The molecule has 5 rings (SSSR count). The largest absolute Gasteiger partial charge is 0.507 e. The number of phenols is 1. The number of phenolic OH excluding ortho intramolecular Hbond substituents is 1. The van der Waals surface area contributed by atoms with Crippen LogP contribution in [-0.4, -0.2) is 5.11 Å². The number of benzene rings is 4. The van der Waals surface area contributed by atoms with Crippen molar-refractivity contribution in [3.05, 3.63) is 126 Å². The molecular formula is C29H26O. The van der Waals surface area contributed by atoms with Gasteiger partial charge in [-0.3, -0.25) is 0 Å². The zero-order chi connectivity index (χ0) is 21.3. The van der Waals surface area contributed by atoms with E-state index in [1.54, 1.807) is 18.2 Å². The molecule has 0 radical (unpaired) electrons. The molecule has 0 aromatic heterocycles. The lowest BCUT2D eigenvalue weighted by molar-refractivity contribution is 0.474.